The molecule has 0 fully saturated rings. The number of halogens is 1. The van der Waals surface area contributed by atoms with E-state index in [9.17, 15) is 13.2 Å². The Morgan fingerprint density at radius 1 is 1.21 bits per heavy atom. The maximum Gasteiger partial charge on any atom is 0.263 e. The molecule has 1 unspecified atom stereocenters. The van der Waals surface area contributed by atoms with Crippen LogP contribution in [0.4, 0.5) is 5.69 Å². The van der Waals surface area contributed by atoms with Gasteiger partial charge in [-0.05, 0) is 78.4 Å². The number of carbonyl (C=O) groups is 1. The number of hydrogen-bond acceptors (Lipinski definition) is 5. The average molecular weight is 515 g/mol. The number of nitrogens with zero attached hydrogens (tertiary/aromatic N) is 2. The summed E-state index contributed by atoms with van der Waals surface area (Å²) in [6, 6.07) is 13.1. The molecule has 1 N–H and O–H groups in total. The van der Waals surface area contributed by atoms with Crippen LogP contribution >= 0.6 is 22.6 Å². The topological polar surface area (TPSA) is 88.1 Å². The number of rotatable bonds is 7. The monoisotopic (exact) mass is 515 g/mol. The second-order valence-electron chi connectivity index (χ2n) is 6.12. The number of hydrazone groups is 1. The predicted octanol–water partition coefficient (Wildman–Crippen LogP) is 2.99. The summed E-state index contributed by atoms with van der Waals surface area (Å²) in [5.41, 5.74) is 4.32. The van der Waals surface area contributed by atoms with Gasteiger partial charge in [0.2, 0.25) is 10.0 Å². The molecule has 0 spiro atoms. The van der Waals surface area contributed by atoms with E-state index >= 15 is 0 Å². The van der Waals surface area contributed by atoms with Gasteiger partial charge >= 0.3 is 0 Å². The summed E-state index contributed by atoms with van der Waals surface area (Å²) in [6.45, 7) is 3.28. The first-order valence-electron chi connectivity index (χ1n) is 8.37. The molecule has 2 aromatic carbocycles. The van der Waals surface area contributed by atoms with Crippen molar-refractivity contribution in [2.45, 2.75) is 19.9 Å². The van der Waals surface area contributed by atoms with Gasteiger partial charge in [-0.25, -0.2) is 13.8 Å². The highest BCUT2D eigenvalue weighted by Gasteiger charge is 2.29. The van der Waals surface area contributed by atoms with E-state index in [2.05, 4.69) is 33.1 Å². The van der Waals surface area contributed by atoms with Gasteiger partial charge < -0.3 is 4.74 Å². The van der Waals surface area contributed by atoms with Crippen molar-refractivity contribution >= 4 is 49.9 Å². The standard InChI is InChI=1S/C19H22IN3O4S/c1-13(15-6-5-7-16(20)12-15)21-22-19(24)14(2)23(28(4,25)26)17-8-10-18(27-3)11-9-17/h5-12,14H,1-4H3,(H,22,24). The number of ether oxygens (including phenoxy) is 1. The van der Waals surface area contributed by atoms with Crippen LogP contribution in [0.1, 0.15) is 19.4 Å². The van der Waals surface area contributed by atoms with Crippen LogP contribution in [0.25, 0.3) is 0 Å². The largest absolute Gasteiger partial charge is 0.497 e. The Morgan fingerprint density at radius 3 is 2.39 bits per heavy atom. The van der Waals surface area contributed by atoms with Gasteiger partial charge in [-0.2, -0.15) is 5.10 Å². The van der Waals surface area contributed by atoms with E-state index in [0.717, 1.165) is 19.7 Å². The fourth-order valence-corrected chi connectivity index (χ4v) is 4.27. The van der Waals surface area contributed by atoms with Crippen LogP contribution < -0.4 is 14.5 Å². The zero-order valence-electron chi connectivity index (χ0n) is 16.0. The van der Waals surface area contributed by atoms with Crippen LogP contribution in [0.5, 0.6) is 5.75 Å². The summed E-state index contributed by atoms with van der Waals surface area (Å²) in [6.07, 6.45) is 1.06. The number of methoxy groups -OCH3 is 1. The van der Waals surface area contributed by atoms with E-state index in [1.807, 2.05) is 24.3 Å². The first-order valence-corrected chi connectivity index (χ1v) is 11.3. The average Bonchev–Trinajstić information content (AvgIpc) is 2.65. The van der Waals surface area contributed by atoms with Crippen LogP contribution in [0, 0.1) is 3.57 Å². The summed E-state index contributed by atoms with van der Waals surface area (Å²) in [5, 5.41) is 4.11. The molecule has 0 saturated carbocycles. The number of nitrogens with one attached hydrogen (secondary N) is 1. The molecule has 0 aliphatic rings. The normalized spacial score (nSPS) is 13.0. The van der Waals surface area contributed by atoms with Crippen LogP contribution in [-0.4, -0.2) is 39.4 Å². The van der Waals surface area contributed by atoms with Crippen molar-refractivity contribution in [2.24, 2.45) is 5.10 Å². The molecule has 0 bridgehead atoms. The highest BCUT2D eigenvalue weighted by atomic mass is 127. The molecule has 0 saturated heterocycles. The number of carbonyl (C=O) groups excluding carboxylic acids is 1. The van der Waals surface area contributed by atoms with E-state index in [1.54, 1.807) is 31.2 Å². The van der Waals surface area contributed by atoms with E-state index in [1.165, 1.54) is 14.0 Å². The molecular formula is C19H22IN3O4S. The quantitative estimate of drug-likeness (QED) is 0.349. The summed E-state index contributed by atoms with van der Waals surface area (Å²) in [5.74, 6) is 0.0539. The zero-order chi connectivity index (χ0) is 20.9. The summed E-state index contributed by atoms with van der Waals surface area (Å²) < 4.78 is 31.8. The Kier molecular flexibility index (Phi) is 7.41. The van der Waals surface area contributed by atoms with E-state index in [0.29, 0.717) is 17.1 Å². The first kappa shape index (κ1) is 22.2. The molecule has 1 amide bonds. The molecule has 0 aliphatic carbocycles. The minimum Gasteiger partial charge on any atom is -0.497 e. The molecule has 0 heterocycles. The third-order valence-corrected chi connectivity index (χ3v) is 5.90. The third kappa shape index (κ3) is 5.68. The smallest absolute Gasteiger partial charge is 0.263 e. The van der Waals surface area contributed by atoms with Crippen molar-refractivity contribution in [1.82, 2.24) is 5.43 Å². The molecule has 28 heavy (non-hydrogen) atoms. The Bertz CT molecular complexity index is 975. The van der Waals surface area contributed by atoms with Crippen molar-refractivity contribution in [3.63, 3.8) is 0 Å². The lowest BCUT2D eigenvalue weighted by Gasteiger charge is -2.27. The zero-order valence-corrected chi connectivity index (χ0v) is 19.0. The molecular weight excluding hydrogens is 493 g/mol. The highest BCUT2D eigenvalue weighted by Crippen LogP contribution is 2.23. The molecule has 1 atom stereocenters. The summed E-state index contributed by atoms with van der Waals surface area (Å²) >= 11 is 2.20. The lowest BCUT2D eigenvalue weighted by atomic mass is 10.1. The third-order valence-electron chi connectivity index (χ3n) is 3.99. The van der Waals surface area contributed by atoms with Crippen molar-refractivity contribution < 1.29 is 17.9 Å². The van der Waals surface area contributed by atoms with Gasteiger partial charge in [0.1, 0.15) is 11.8 Å². The SMILES string of the molecule is COc1ccc(N(C(C)C(=O)NN=C(C)c2cccc(I)c2)S(C)(=O)=O)cc1. The molecule has 2 aromatic rings. The van der Waals surface area contributed by atoms with Crippen LogP contribution in [-0.2, 0) is 14.8 Å². The van der Waals surface area contributed by atoms with Gasteiger partial charge in [0.25, 0.3) is 5.91 Å². The molecule has 150 valence electrons. The fraction of sp³-hybridized carbons (Fsp3) is 0.263. The van der Waals surface area contributed by atoms with E-state index in [-0.39, 0.29) is 0 Å². The van der Waals surface area contributed by atoms with E-state index < -0.39 is 22.0 Å². The van der Waals surface area contributed by atoms with Crippen LogP contribution in [0.3, 0.4) is 0 Å². The van der Waals surface area contributed by atoms with Crippen LogP contribution in [0.15, 0.2) is 53.6 Å². The number of amides is 1. The Balaban J connectivity index is 2.22. The molecule has 0 aliphatic heterocycles. The van der Waals surface area contributed by atoms with Gasteiger partial charge in [0.05, 0.1) is 24.8 Å². The van der Waals surface area contributed by atoms with Gasteiger partial charge in [0, 0.05) is 3.57 Å². The lowest BCUT2D eigenvalue weighted by Crippen LogP contribution is -2.46. The molecule has 9 heteroatoms. The number of sulfonamides is 1. The number of anilines is 1. The van der Waals surface area contributed by atoms with Gasteiger partial charge in [0.15, 0.2) is 0 Å². The second-order valence-corrected chi connectivity index (χ2v) is 9.22. The lowest BCUT2D eigenvalue weighted by molar-refractivity contribution is -0.121. The molecule has 2 rings (SSSR count). The highest BCUT2D eigenvalue weighted by molar-refractivity contribution is 14.1. The minimum absolute atomic E-state index is 0.365. The number of hydrogen-bond donors (Lipinski definition) is 1. The van der Waals surface area contributed by atoms with Crippen molar-refractivity contribution in [2.75, 3.05) is 17.7 Å². The van der Waals surface area contributed by atoms with Crippen molar-refractivity contribution in [3.05, 3.63) is 57.7 Å². The number of benzene rings is 2. The second kappa shape index (κ2) is 9.37. The Hall–Kier alpha value is -2.14. The fourth-order valence-electron chi connectivity index (χ4n) is 2.55. The maximum absolute atomic E-state index is 12.6. The van der Waals surface area contributed by atoms with Gasteiger partial charge in [-0.3, -0.25) is 9.10 Å². The molecule has 0 aromatic heterocycles. The van der Waals surface area contributed by atoms with Crippen molar-refractivity contribution in [1.29, 1.82) is 0 Å². The minimum atomic E-state index is -3.70. The molecule has 0 radical (unpaired) electrons. The maximum atomic E-state index is 12.6. The van der Waals surface area contributed by atoms with Crippen LogP contribution in [0.2, 0.25) is 0 Å². The predicted molar refractivity (Wildman–Crippen MR) is 119 cm³/mol. The van der Waals surface area contributed by atoms with Gasteiger partial charge in [-0.1, -0.05) is 12.1 Å². The Morgan fingerprint density at radius 2 is 1.86 bits per heavy atom. The molecule has 7 nitrogen and oxygen atoms in total. The Labute approximate surface area is 179 Å². The first-order chi connectivity index (χ1) is 13.1. The van der Waals surface area contributed by atoms with Crippen molar-refractivity contribution in [3.8, 4) is 5.75 Å². The van der Waals surface area contributed by atoms with E-state index in [4.69, 9.17) is 4.74 Å². The summed E-state index contributed by atoms with van der Waals surface area (Å²) in [4.78, 5) is 12.6. The van der Waals surface area contributed by atoms with Gasteiger partial charge in [-0.15, -0.1) is 0 Å². The summed E-state index contributed by atoms with van der Waals surface area (Å²) in [7, 11) is -2.17.